The van der Waals surface area contributed by atoms with Crippen molar-refractivity contribution in [3.8, 4) is 0 Å². The van der Waals surface area contributed by atoms with Gasteiger partial charge < -0.3 is 15.8 Å². The molecule has 1 heterocycles. The molecule has 0 bridgehead atoms. The van der Waals surface area contributed by atoms with Crippen molar-refractivity contribution in [3.05, 3.63) is 0 Å². The molecule has 10 heavy (non-hydrogen) atoms. The van der Waals surface area contributed by atoms with E-state index >= 15 is 0 Å². The molecule has 0 aromatic carbocycles. The van der Waals surface area contributed by atoms with Crippen LogP contribution in [0.4, 0.5) is 0 Å². The van der Waals surface area contributed by atoms with Gasteiger partial charge >= 0.3 is 0 Å². The molecule has 0 aliphatic carbocycles. The lowest BCUT2D eigenvalue weighted by Crippen LogP contribution is -2.25. The molecule has 1 aliphatic rings. The Labute approximate surface area is 60.5 Å². The van der Waals surface area contributed by atoms with Crippen molar-refractivity contribution < 1.29 is 4.74 Å². The zero-order valence-electron chi connectivity index (χ0n) is 5.97. The second-order valence-corrected chi connectivity index (χ2v) is 2.10. The first-order valence-electron chi connectivity index (χ1n) is 3.54. The van der Waals surface area contributed by atoms with Crippen LogP contribution in [0.2, 0.25) is 0 Å². The molecular formula is C6H13N3O. The Bertz CT molecular complexity index is 124. The zero-order chi connectivity index (χ0) is 7.23. The molecule has 0 radical (unpaired) electrons. The van der Waals surface area contributed by atoms with Gasteiger partial charge in [0.05, 0.1) is 6.54 Å². The standard InChI is InChI=1S/C6H13N3O/c7-2-1-3-8-6-9-4-5-10-6/h1-5,7H2,(H,8,9). The van der Waals surface area contributed by atoms with Crippen LogP contribution in [0.1, 0.15) is 6.42 Å². The van der Waals surface area contributed by atoms with Crippen LogP contribution in [0.5, 0.6) is 0 Å². The number of hydrogen-bond acceptors (Lipinski definition) is 4. The minimum absolute atomic E-state index is 0.674. The number of aliphatic imine (C=N–C) groups is 1. The third-order valence-corrected chi connectivity index (χ3v) is 1.24. The Morgan fingerprint density at radius 3 is 3.20 bits per heavy atom. The zero-order valence-corrected chi connectivity index (χ0v) is 5.97. The highest BCUT2D eigenvalue weighted by Crippen LogP contribution is 1.89. The summed E-state index contributed by atoms with van der Waals surface area (Å²) in [7, 11) is 0. The number of rotatable bonds is 3. The maximum Gasteiger partial charge on any atom is 0.284 e. The molecule has 0 aromatic rings. The van der Waals surface area contributed by atoms with Crippen molar-refractivity contribution >= 4 is 6.02 Å². The average molecular weight is 143 g/mol. The normalized spacial score (nSPS) is 16.3. The van der Waals surface area contributed by atoms with E-state index in [-0.39, 0.29) is 0 Å². The number of nitrogens with two attached hydrogens (primary N) is 1. The second-order valence-electron chi connectivity index (χ2n) is 2.10. The van der Waals surface area contributed by atoms with E-state index in [0.717, 1.165) is 19.5 Å². The lowest BCUT2D eigenvalue weighted by Gasteiger charge is -2.02. The summed E-state index contributed by atoms with van der Waals surface area (Å²) >= 11 is 0. The topological polar surface area (TPSA) is 59.6 Å². The molecule has 0 fully saturated rings. The quantitative estimate of drug-likeness (QED) is 0.514. The predicted octanol–water partition coefficient (Wildman–Crippen LogP) is -0.689. The fourth-order valence-electron chi connectivity index (χ4n) is 0.739. The number of nitrogens with zero attached hydrogens (tertiary/aromatic N) is 1. The van der Waals surface area contributed by atoms with E-state index in [0.29, 0.717) is 19.2 Å². The molecule has 0 spiro atoms. The van der Waals surface area contributed by atoms with Crippen molar-refractivity contribution in [2.45, 2.75) is 6.42 Å². The maximum absolute atomic E-state index is 5.29. The van der Waals surface area contributed by atoms with Crippen LogP contribution in [0.25, 0.3) is 0 Å². The summed E-state index contributed by atoms with van der Waals surface area (Å²) in [6.07, 6.45) is 0.961. The summed E-state index contributed by atoms with van der Waals surface area (Å²) in [5.41, 5.74) is 5.29. The Morgan fingerprint density at radius 2 is 2.60 bits per heavy atom. The van der Waals surface area contributed by atoms with E-state index in [9.17, 15) is 0 Å². The molecule has 3 N–H and O–H groups in total. The van der Waals surface area contributed by atoms with Crippen LogP contribution in [0, 0.1) is 0 Å². The SMILES string of the molecule is NCCCNC1=NCCO1. The van der Waals surface area contributed by atoms with Gasteiger partial charge in [-0.05, 0) is 13.0 Å². The molecule has 0 atom stereocenters. The number of hydrogen-bond donors (Lipinski definition) is 2. The second kappa shape index (κ2) is 4.11. The third kappa shape index (κ3) is 2.23. The largest absolute Gasteiger partial charge is 0.463 e. The molecule has 0 amide bonds. The maximum atomic E-state index is 5.29. The lowest BCUT2D eigenvalue weighted by molar-refractivity contribution is 0.331. The molecule has 1 aliphatic heterocycles. The van der Waals surface area contributed by atoms with Gasteiger partial charge in [-0.3, -0.25) is 0 Å². The third-order valence-electron chi connectivity index (χ3n) is 1.24. The summed E-state index contributed by atoms with van der Waals surface area (Å²) in [5, 5.41) is 3.03. The first-order valence-corrected chi connectivity index (χ1v) is 3.54. The van der Waals surface area contributed by atoms with Crippen molar-refractivity contribution in [1.82, 2.24) is 5.32 Å². The van der Waals surface area contributed by atoms with Crippen LogP contribution in [0.3, 0.4) is 0 Å². The van der Waals surface area contributed by atoms with Crippen molar-refractivity contribution in [1.29, 1.82) is 0 Å². The fourth-order valence-corrected chi connectivity index (χ4v) is 0.739. The van der Waals surface area contributed by atoms with E-state index in [2.05, 4.69) is 10.3 Å². The molecule has 0 saturated carbocycles. The smallest absolute Gasteiger partial charge is 0.284 e. The summed E-state index contributed by atoms with van der Waals surface area (Å²) < 4.78 is 5.10. The van der Waals surface area contributed by atoms with E-state index in [1.54, 1.807) is 0 Å². The highest BCUT2D eigenvalue weighted by atomic mass is 16.5. The minimum atomic E-state index is 0.674. The van der Waals surface area contributed by atoms with Gasteiger partial charge in [0.25, 0.3) is 6.02 Å². The molecule has 0 unspecified atom stereocenters. The van der Waals surface area contributed by atoms with Crippen molar-refractivity contribution in [3.63, 3.8) is 0 Å². The Balaban J connectivity index is 2.01. The van der Waals surface area contributed by atoms with Crippen LogP contribution in [-0.2, 0) is 4.74 Å². The van der Waals surface area contributed by atoms with Gasteiger partial charge in [-0.1, -0.05) is 0 Å². The molecule has 0 saturated heterocycles. The van der Waals surface area contributed by atoms with E-state index < -0.39 is 0 Å². The first-order chi connectivity index (χ1) is 4.93. The van der Waals surface area contributed by atoms with Gasteiger partial charge in [0.2, 0.25) is 0 Å². The summed E-state index contributed by atoms with van der Waals surface area (Å²) in [6, 6.07) is 0.674. The van der Waals surface area contributed by atoms with Crippen LogP contribution >= 0.6 is 0 Å². The van der Waals surface area contributed by atoms with Gasteiger partial charge in [0.1, 0.15) is 6.61 Å². The molecule has 58 valence electrons. The van der Waals surface area contributed by atoms with E-state index in [1.165, 1.54) is 0 Å². The lowest BCUT2D eigenvalue weighted by atomic mass is 10.4. The summed E-state index contributed by atoms with van der Waals surface area (Å²) in [5.74, 6) is 0. The Morgan fingerprint density at radius 1 is 1.70 bits per heavy atom. The van der Waals surface area contributed by atoms with E-state index in [4.69, 9.17) is 10.5 Å². The number of amidine groups is 1. The van der Waals surface area contributed by atoms with Gasteiger partial charge in [-0.15, -0.1) is 0 Å². The number of ether oxygens (including phenoxy) is 1. The molecular weight excluding hydrogens is 130 g/mol. The first kappa shape index (κ1) is 7.34. The highest BCUT2D eigenvalue weighted by Gasteiger charge is 2.03. The van der Waals surface area contributed by atoms with Crippen LogP contribution in [-0.4, -0.2) is 32.3 Å². The monoisotopic (exact) mass is 143 g/mol. The van der Waals surface area contributed by atoms with Gasteiger partial charge in [0, 0.05) is 6.54 Å². The Hall–Kier alpha value is -0.770. The van der Waals surface area contributed by atoms with Gasteiger partial charge in [-0.25, -0.2) is 4.99 Å². The van der Waals surface area contributed by atoms with Crippen LogP contribution < -0.4 is 11.1 Å². The molecule has 1 rings (SSSR count). The average Bonchev–Trinajstić information content (AvgIpc) is 2.41. The van der Waals surface area contributed by atoms with Crippen LogP contribution in [0.15, 0.2) is 4.99 Å². The minimum Gasteiger partial charge on any atom is -0.463 e. The summed E-state index contributed by atoms with van der Waals surface area (Å²) in [4.78, 5) is 4.05. The highest BCUT2D eigenvalue weighted by molar-refractivity contribution is 5.74. The van der Waals surface area contributed by atoms with E-state index in [1.807, 2.05) is 0 Å². The van der Waals surface area contributed by atoms with Gasteiger partial charge in [-0.2, -0.15) is 0 Å². The Kier molecular flexibility index (Phi) is 3.02. The molecule has 0 aromatic heterocycles. The predicted molar refractivity (Wildman–Crippen MR) is 39.9 cm³/mol. The van der Waals surface area contributed by atoms with Crippen molar-refractivity contribution in [2.24, 2.45) is 10.7 Å². The number of nitrogens with one attached hydrogen (secondary N) is 1. The van der Waals surface area contributed by atoms with Gasteiger partial charge in [0.15, 0.2) is 0 Å². The van der Waals surface area contributed by atoms with Crippen molar-refractivity contribution in [2.75, 3.05) is 26.2 Å². The molecule has 4 heteroatoms. The fraction of sp³-hybridized carbons (Fsp3) is 0.833. The molecule has 4 nitrogen and oxygen atoms in total. The summed E-state index contributed by atoms with van der Waals surface area (Å²) in [6.45, 7) is 3.06.